The largest absolute Gasteiger partial charge is 0.497 e. The van der Waals surface area contributed by atoms with Crippen LogP contribution in [0.2, 0.25) is 0 Å². The van der Waals surface area contributed by atoms with Gasteiger partial charge in [0.2, 0.25) is 0 Å². The second kappa shape index (κ2) is 5.53. The normalized spacial score (nSPS) is 13.5. The van der Waals surface area contributed by atoms with Crippen molar-refractivity contribution < 1.29 is 9.53 Å². The summed E-state index contributed by atoms with van der Waals surface area (Å²) in [7, 11) is 1.65. The highest BCUT2D eigenvalue weighted by Crippen LogP contribution is 2.30. The molecule has 21 heavy (non-hydrogen) atoms. The third-order valence-corrected chi connectivity index (χ3v) is 4.23. The van der Waals surface area contributed by atoms with E-state index in [4.69, 9.17) is 4.74 Å². The fourth-order valence-electron chi connectivity index (χ4n) is 2.76. The van der Waals surface area contributed by atoms with E-state index >= 15 is 0 Å². The lowest BCUT2D eigenvalue weighted by atomic mass is 10.0. The van der Waals surface area contributed by atoms with Crippen molar-refractivity contribution in [3.63, 3.8) is 0 Å². The van der Waals surface area contributed by atoms with E-state index < -0.39 is 0 Å². The maximum Gasteiger partial charge on any atom is 0.255 e. The molecule has 0 N–H and O–H groups in total. The van der Waals surface area contributed by atoms with Crippen molar-refractivity contribution in [2.75, 3.05) is 7.11 Å². The highest BCUT2D eigenvalue weighted by atomic mass is 79.9. The van der Waals surface area contributed by atoms with E-state index in [2.05, 4.69) is 15.9 Å². The van der Waals surface area contributed by atoms with E-state index in [1.54, 1.807) is 7.11 Å². The van der Waals surface area contributed by atoms with E-state index in [1.165, 1.54) is 0 Å². The van der Waals surface area contributed by atoms with Crippen molar-refractivity contribution in [1.82, 2.24) is 4.90 Å². The van der Waals surface area contributed by atoms with Crippen LogP contribution in [0.4, 0.5) is 0 Å². The van der Waals surface area contributed by atoms with Crippen molar-refractivity contribution in [2.24, 2.45) is 0 Å². The van der Waals surface area contributed by atoms with Gasteiger partial charge in [0.15, 0.2) is 0 Å². The number of carbonyl (C=O) groups excluding carboxylic acids is 1. The van der Waals surface area contributed by atoms with Gasteiger partial charge in [0.25, 0.3) is 5.91 Å². The fourth-order valence-corrected chi connectivity index (χ4v) is 3.38. The maximum atomic E-state index is 12.5. The Morgan fingerprint density at radius 2 is 1.95 bits per heavy atom. The Morgan fingerprint density at radius 3 is 2.62 bits per heavy atom. The minimum Gasteiger partial charge on any atom is -0.497 e. The lowest BCUT2D eigenvalue weighted by molar-refractivity contribution is 0.0766. The fraction of sp³-hybridized carbons (Fsp3) is 0.235. The van der Waals surface area contributed by atoms with Gasteiger partial charge < -0.3 is 9.64 Å². The summed E-state index contributed by atoms with van der Waals surface area (Å²) in [4.78, 5) is 14.4. The molecule has 0 aromatic heterocycles. The van der Waals surface area contributed by atoms with Crippen LogP contribution in [0, 0.1) is 6.92 Å². The van der Waals surface area contributed by atoms with Gasteiger partial charge in [-0.25, -0.2) is 0 Å². The van der Waals surface area contributed by atoms with Crippen molar-refractivity contribution in [2.45, 2.75) is 20.0 Å². The third kappa shape index (κ3) is 2.68. The molecule has 1 heterocycles. The molecule has 2 aromatic carbocycles. The predicted octanol–water partition coefficient (Wildman–Crippen LogP) is 3.92. The Hall–Kier alpha value is -1.81. The summed E-state index contributed by atoms with van der Waals surface area (Å²) in [6, 6.07) is 11.9. The third-order valence-electron chi connectivity index (χ3n) is 3.78. The first-order valence-electron chi connectivity index (χ1n) is 6.79. The molecule has 108 valence electrons. The van der Waals surface area contributed by atoms with Gasteiger partial charge in [0, 0.05) is 23.1 Å². The van der Waals surface area contributed by atoms with Crippen LogP contribution in [0.25, 0.3) is 0 Å². The molecule has 1 amide bonds. The second-order valence-corrected chi connectivity index (χ2v) is 6.18. The average molecular weight is 346 g/mol. The zero-order chi connectivity index (χ0) is 15.0. The molecule has 4 heteroatoms. The number of hydrogen-bond acceptors (Lipinski definition) is 2. The quantitative estimate of drug-likeness (QED) is 0.843. The molecule has 0 fully saturated rings. The summed E-state index contributed by atoms with van der Waals surface area (Å²) in [5.41, 5.74) is 4.09. The number of fused-ring (bicyclic) bond motifs is 1. The number of aryl methyl sites for hydroxylation is 1. The van der Waals surface area contributed by atoms with Crippen molar-refractivity contribution >= 4 is 21.8 Å². The lowest BCUT2D eigenvalue weighted by Crippen LogP contribution is -2.23. The summed E-state index contributed by atoms with van der Waals surface area (Å²) in [6.07, 6.45) is 0. The summed E-state index contributed by atoms with van der Waals surface area (Å²) in [5, 5.41) is 0. The highest BCUT2D eigenvalue weighted by molar-refractivity contribution is 9.10. The minimum absolute atomic E-state index is 0.116. The molecule has 0 saturated heterocycles. The average Bonchev–Trinajstić information content (AvgIpc) is 2.76. The van der Waals surface area contributed by atoms with Gasteiger partial charge in [-0.05, 0) is 47.9 Å². The van der Waals surface area contributed by atoms with Gasteiger partial charge in [0.1, 0.15) is 5.75 Å². The number of rotatable bonds is 3. The van der Waals surface area contributed by atoms with Crippen LogP contribution >= 0.6 is 15.9 Å². The lowest BCUT2D eigenvalue weighted by Gasteiger charge is -2.16. The van der Waals surface area contributed by atoms with Crippen LogP contribution in [0.5, 0.6) is 5.75 Å². The summed E-state index contributed by atoms with van der Waals surface area (Å²) in [5.74, 6) is 0.945. The SMILES string of the molecule is COc1ccc(CN2Cc3cc(Br)cc(C)c3C2=O)cc1. The Balaban J connectivity index is 1.82. The van der Waals surface area contributed by atoms with E-state index in [1.807, 2.05) is 48.2 Å². The van der Waals surface area contributed by atoms with Gasteiger partial charge in [0.05, 0.1) is 7.11 Å². The molecule has 0 unspecified atom stereocenters. The van der Waals surface area contributed by atoms with Gasteiger partial charge >= 0.3 is 0 Å². The van der Waals surface area contributed by atoms with Crippen LogP contribution in [0.3, 0.4) is 0 Å². The van der Waals surface area contributed by atoms with E-state index in [9.17, 15) is 4.79 Å². The zero-order valence-electron chi connectivity index (χ0n) is 12.0. The monoisotopic (exact) mass is 345 g/mol. The first-order valence-corrected chi connectivity index (χ1v) is 7.59. The molecule has 1 aliphatic heterocycles. The van der Waals surface area contributed by atoms with E-state index in [0.29, 0.717) is 13.1 Å². The van der Waals surface area contributed by atoms with Crippen LogP contribution in [0.15, 0.2) is 40.9 Å². The summed E-state index contributed by atoms with van der Waals surface area (Å²) in [6.45, 7) is 3.27. The van der Waals surface area contributed by atoms with Crippen LogP contribution in [-0.4, -0.2) is 17.9 Å². The van der Waals surface area contributed by atoms with Crippen molar-refractivity contribution in [3.8, 4) is 5.75 Å². The summed E-state index contributed by atoms with van der Waals surface area (Å²) >= 11 is 3.49. The van der Waals surface area contributed by atoms with Gasteiger partial charge in [-0.15, -0.1) is 0 Å². The van der Waals surface area contributed by atoms with Crippen LogP contribution in [-0.2, 0) is 13.1 Å². The van der Waals surface area contributed by atoms with E-state index in [-0.39, 0.29) is 5.91 Å². The van der Waals surface area contributed by atoms with Gasteiger partial charge in [-0.1, -0.05) is 28.1 Å². The second-order valence-electron chi connectivity index (χ2n) is 5.27. The molecule has 1 aliphatic rings. The molecule has 3 nitrogen and oxygen atoms in total. The first-order chi connectivity index (χ1) is 10.1. The Morgan fingerprint density at radius 1 is 1.24 bits per heavy atom. The first kappa shape index (κ1) is 14.1. The smallest absolute Gasteiger partial charge is 0.255 e. The Kier molecular flexibility index (Phi) is 3.72. The van der Waals surface area contributed by atoms with Crippen LogP contribution in [0.1, 0.15) is 27.0 Å². The number of methoxy groups -OCH3 is 1. The Labute approximate surface area is 132 Å². The minimum atomic E-state index is 0.116. The number of hydrogen-bond donors (Lipinski definition) is 0. The molecular formula is C17H16BrNO2. The number of halogens is 1. The predicted molar refractivity (Wildman–Crippen MR) is 85.5 cm³/mol. The number of nitrogens with zero attached hydrogens (tertiary/aromatic N) is 1. The molecule has 0 atom stereocenters. The maximum absolute atomic E-state index is 12.5. The van der Waals surface area contributed by atoms with Gasteiger partial charge in [-0.2, -0.15) is 0 Å². The topological polar surface area (TPSA) is 29.5 Å². The molecule has 0 saturated carbocycles. The molecule has 0 spiro atoms. The summed E-state index contributed by atoms with van der Waals surface area (Å²) < 4.78 is 6.18. The molecule has 0 aliphatic carbocycles. The van der Waals surface area contributed by atoms with Gasteiger partial charge in [-0.3, -0.25) is 4.79 Å². The number of benzene rings is 2. The molecule has 3 rings (SSSR count). The number of carbonyl (C=O) groups is 1. The molecular weight excluding hydrogens is 330 g/mol. The molecule has 2 aromatic rings. The van der Waals surface area contributed by atoms with E-state index in [0.717, 1.165) is 32.5 Å². The van der Waals surface area contributed by atoms with Crippen LogP contribution < -0.4 is 4.74 Å². The number of amides is 1. The zero-order valence-corrected chi connectivity index (χ0v) is 13.6. The Bertz CT molecular complexity index is 695. The molecule has 0 bridgehead atoms. The number of ether oxygens (including phenoxy) is 1. The van der Waals surface area contributed by atoms with Crippen molar-refractivity contribution in [3.05, 3.63) is 63.1 Å². The molecule has 0 radical (unpaired) electrons. The van der Waals surface area contributed by atoms with Crippen molar-refractivity contribution in [1.29, 1.82) is 0 Å². The highest BCUT2D eigenvalue weighted by Gasteiger charge is 2.29. The standard InChI is InChI=1S/C17H16BrNO2/c1-11-7-14(18)8-13-10-19(17(20)16(11)13)9-12-3-5-15(21-2)6-4-12/h3-8H,9-10H2,1-2H3.